The summed E-state index contributed by atoms with van der Waals surface area (Å²) >= 11 is 5.94. The van der Waals surface area contributed by atoms with Crippen LogP contribution in [0.2, 0.25) is 5.02 Å². The molecule has 9 heteroatoms. The molecular weight excluding hydrogens is 374 g/mol. The van der Waals surface area contributed by atoms with Gasteiger partial charge >= 0.3 is 5.97 Å². The number of halogens is 1. The van der Waals surface area contributed by atoms with Gasteiger partial charge in [-0.1, -0.05) is 18.2 Å². The maximum Gasteiger partial charge on any atom is 0.330 e. The number of nitrogens with zero attached hydrogens (tertiary/aromatic N) is 3. The fraction of sp³-hybridized carbons (Fsp3) is 0.167. The first kappa shape index (κ1) is 18.7. The van der Waals surface area contributed by atoms with Crippen molar-refractivity contribution in [1.29, 1.82) is 0 Å². The van der Waals surface area contributed by atoms with Crippen molar-refractivity contribution in [1.82, 2.24) is 15.0 Å². The molecule has 27 heavy (non-hydrogen) atoms. The molecule has 2 N–H and O–H groups in total. The minimum Gasteiger partial charge on any atom is -0.505 e. The number of benzene rings is 2. The molecule has 3 aromatic rings. The summed E-state index contributed by atoms with van der Waals surface area (Å²) in [6.45, 7) is 2.92. The van der Waals surface area contributed by atoms with E-state index in [2.05, 4.69) is 16.8 Å². The first-order valence-electron chi connectivity index (χ1n) is 7.92. The van der Waals surface area contributed by atoms with Crippen LogP contribution in [0.25, 0.3) is 16.7 Å². The summed E-state index contributed by atoms with van der Waals surface area (Å²) in [4.78, 5) is 12.2. The van der Waals surface area contributed by atoms with Crippen LogP contribution >= 0.6 is 11.6 Å². The summed E-state index contributed by atoms with van der Waals surface area (Å²) in [5.74, 6) is -0.409. The van der Waals surface area contributed by atoms with Crippen LogP contribution in [0.15, 0.2) is 49.1 Å². The predicted octanol–water partition coefficient (Wildman–Crippen LogP) is 2.25. The number of rotatable bonds is 7. The van der Waals surface area contributed by atoms with Crippen LogP contribution in [0, 0.1) is 0 Å². The Balaban J connectivity index is 1.68. The summed E-state index contributed by atoms with van der Waals surface area (Å²) in [6, 6.07) is 9.66. The molecule has 1 atom stereocenters. The van der Waals surface area contributed by atoms with E-state index >= 15 is 0 Å². The normalized spacial score (nSPS) is 11.9. The van der Waals surface area contributed by atoms with Gasteiger partial charge in [0.15, 0.2) is 0 Å². The Kier molecular flexibility index (Phi) is 5.58. The summed E-state index contributed by atoms with van der Waals surface area (Å²) in [7, 11) is 0. The van der Waals surface area contributed by atoms with Crippen LogP contribution in [0.3, 0.4) is 0 Å². The van der Waals surface area contributed by atoms with E-state index in [9.17, 15) is 15.0 Å². The highest BCUT2D eigenvalue weighted by Crippen LogP contribution is 2.27. The average molecular weight is 390 g/mol. The van der Waals surface area contributed by atoms with Gasteiger partial charge in [0.2, 0.25) is 0 Å². The van der Waals surface area contributed by atoms with E-state index in [1.165, 1.54) is 10.9 Å². The van der Waals surface area contributed by atoms with Crippen molar-refractivity contribution < 1.29 is 24.5 Å². The molecule has 1 heterocycles. The molecule has 1 unspecified atom stereocenters. The number of hydrogen-bond donors (Lipinski definition) is 2. The van der Waals surface area contributed by atoms with Crippen LogP contribution < -0.4 is 4.74 Å². The first-order valence-corrected chi connectivity index (χ1v) is 8.30. The van der Waals surface area contributed by atoms with Crippen LogP contribution in [-0.4, -0.2) is 50.5 Å². The van der Waals surface area contributed by atoms with Gasteiger partial charge in [-0.05, 0) is 30.3 Å². The molecule has 8 nitrogen and oxygen atoms in total. The van der Waals surface area contributed by atoms with Crippen LogP contribution in [0.4, 0.5) is 0 Å². The number of ether oxygens (including phenoxy) is 2. The van der Waals surface area contributed by atoms with Gasteiger partial charge in [-0.3, -0.25) is 0 Å². The number of fused-ring (bicyclic) bond motifs is 1. The minimum atomic E-state index is -1.02. The van der Waals surface area contributed by atoms with E-state index in [4.69, 9.17) is 21.1 Å². The number of aliphatic hydroxyl groups excluding tert-OH is 1. The Labute approximate surface area is 159 Å². The second-order valence-electron chi connectivity index (χ2n) is 5.57. The summed E-state index contributed by atoms with van der Waals surface area (Å²) in [5, 5.41) is 29.1. The zero-order valence-electron chi connectivity index (χ0n) is 14.1. The second kappa shape index (κ2) is 8.07. The summed E-state index contributed by atoms with van der Waals surface area (Å²) in [6.07, 6.45) is -0.0102. The molecule has 1 aromatic heterocycles. The lowest BCUT2D eigenvalue weighted by atomic mass is 10.3. The number of phenolic OH excluding ortho intramolecular Hbond substituents is 1. The van der Waals surface area contributed by atoms with Gasteiger partial charge < -0.3 is 19.7 Å². The molecular formula is C18H16ClN3O5. The number of hydrogen-bond acceptors (Lipinski definition) is 7. The van der Waals surface area contributed by atoms with Crippen molar-refractivity contribution in [2.24, 2.45) is 0 Å². The van der Waals surface area contributed by atoms with Gasteiger partial charge in [-0.15, -0.1) is 15.0 Å². The van der Waals surface area contributed by atoms with E-state index in [1.54, 1.807) is 30.3 Å². The standard InChI is InChI=1S/C18H16ClN3O5/c1-2-18(25)27-10-12(23)9-26-13-4-6-16(17(24)8-13)22-20-14-5-3-11(19)7-15(14)21-22/h2-8,12,23-24H,1,9-10H2. The fourth-order valence-corrected chi connectivity index (χ4v) is 2.40. The number of carbonyl (C=O) groups excluding carboxylic acids is 1. The van der Waals surface area contributed by atoms with Crippen LogP contribution in [-0.2, 0) is 9.53 Å². The Morgan fingerprint density at radius 1 is 1.22 bits per heavy atom. The van der Waals surface area contributed by atoms with Crippen LogP contribution in [0.5, 0.6) is 11.5 Å². The Hall–Kier alpha value is -3.10. The second-order valence-corrected chi connectivity index (χ2v) is 6.01. The van der Waals surface area contributed by atoms with Gasteiger partial charge in [0.05, 0.1) is 0 Å². The van der Waals surface area contributed by atoms with Gasteiger partial charge in [0.25, 0.3) is 0 Å². The third-order valence-corrected chi connectivity index (χ3v) is 3.77. The van der Waals surface area contributed by atoms with Crippen LogP contribution in [0.1, 0.15) is 0 Å². The van der Waals surface area contributed by atoms with E-state index in [1.807, 2.05) is 0 Å². The summed E-state index contributed by atoms with van der Waals surface area (Å²) in [5.41, 5.74) is 1.59. The number of aromatic hydroxyl groups is 1. The molecule has 0 radical (unpaired) electrons. The SMILES string of the molecule is C=CC(=O)OCC(O)COc1ccc(-n2nc3ccc(Cl)cc3n2)c(O)c1. The molecule has 0 spiro atoms. The van der Waals surface area contributed by atoms with E-state index in [-0.39, 0.29) is 19.0 Å². The van der Waals surface area contributed by atoms with Crippen molar-refractivity contribution in [3.8, 4) is 17.2 Å². The number of phenols is 1. The number of carbonyl (C=O) groups is 1. The quantitative estimate of drug-likeness (QED) is 0.471. The van der Waals surface area contributed by atoms with Crippen molar-refractivity contribution in [2.75, 3.05) is 13.2 Å². The van der Waals surface area contributed by atoms with Gasteiger partial charge in [0.1, 0.15) is 47.5 Å². The molecule has 0 saturated carbocycles. The lowest BCUT2D eigenvalue weighted by Gasteiger charge is -2.13. The Morgan fingerprint density at radius 3 is 2.74 bits per heavy atom. The predicted molar refractivity (Wildman–Crippen MR) is 98.2 cm³/mol. The van der Waals surface area contributed by atoms with E-state index < -0.39 is 12.1 Å². The Bertz CT molecular complexity index is 988. The van der Waals surface area contributed by atoms with E-state index in [0.29, 0.717) is 27.5 Å². The highest BCUT2D eigenvalue weighted by atomic mass is 35.5. The van der Waals surface area contributed by atoms with Crippen molar-refractivity contribution in [3.05, 3.63) is 54.1 Å². The highest BCUT2D eigenvalue weighted by Gasteiger charge is 2.12. The number of aromatic nitrogens is 3. The molecule has 0 aliphatic rings. The number of esters is 1. The highest BCUT2D eigenvalue weighted by molar-refractivity contribution is 6.31. The molecule has 140 valence electrons. The first-order chi connectivity index (χ1) is 13.0. The monoisotopic (exact) mass is 389 g/mol. The van der Waals surface area contributed by atoms with Gasteiger partial charge in [0, 0.05) is 17.2 Å². The largest absolute Gasteiger partial charge is 0.505 e. The van der Waals surface area contributed by atoms with Crippen molar-refractivity contribution in [3.63, 3.8) is 0 Å². The lowest BCUT2D eigenvalue weighted by Crippen LogP contribution is -2.24. The molecule has 0 saturated heterocycles. The zero-order valence-corrected chi connectivity index (χ0v) is 14.8. The molecule has 2 aromatic carbocycles. The summed E-state index contributed by atoms with van der Waals surface area (Å²) < 4.78 is 10.1. The average Bonchev–Trinajstić information content (AvgIpc) is 3.07. The van der Waals surface area contributed by atoms with E-state index in [0.717, 1.165) is 6.08 Å². The van der Waals surface area contributed by atoms with Crippen molar-refractivity contribution >= 4 is 28.6 Å². The zero-order chi connectivity index (χ0) is 19.4. The molecule has 0 fully saturated rings. The molecule has 3 rings (SSSR count). The van der Waals surface area contributed by atoms with Gasteiger partial charge in [-0.25, -0.2) is 4.79 Å². The molecule has 0 aliphatic heterocycles. The third-order valence-electron chi connectivity index (χ3n) is 3.53. The Morgan fingerprint density at radius 2 is 2.00 bits per heavy atom. The maximum atomic E-state index is 10.9. The van der Waals surface area contributed by atoms with Gasteiger partial charge in [-0.2, -0.15) is 0 Å². The molecule has 0 amide bonds. The smallest absolute Gasteiger partial charge is 0.330 e. The molecule has 0 bridgehead atoms. The fourth-order valence-electron chi connectivity index (χ4n) is 2.24. The maximum absolute atomic E-state index is 10.9. The number of aliphatic hydroxyl groups is 1. The van der Waals surface area contributed by atoms with Crippen molar-refractivity contribution in [2.45, 2.75) is 6.10 Å². The lowest BCUT2D eigenvalue weighted by molar-refractivity contribution is -0.141. The minimum absolute atomic E-state index is 0.105. The molecule has 0 aliphatic carbocycles. The third kappa shape index (κ3) is 4.55. The topological polar surface area (TPSA) is 107 Å².